The molecule has 1 saturated heterocycles. The van der Waals surface area contributed by atoms with E-state index >= 15 is 0 Å². The summed E-state index contributed by atoms with van der Waals surface area (Å²) in [5, 5.41) is 3.27. The van der Waals surface area contributed by atoms with Crippen molar-refractivity contribution in [3.63, 3.8) is 0 Å². The average molecular weight is 477 g/mol. The highest BCUT2D eigenvalue weighted by Crippen LogP contribution is 2.20. The topological polar surface area (TPSA) is 98.8 Å². The second kappa shape index (κ2) is 10.6. The van der Waals surface area contributed by atoms with Crippen molar-refractivity contribution < 1.29 is 18.0 Å². The lowest BCUT2D eigenvalue weighted by molar-refractivity contribution is -0.132. The molecule has 1 aliphatic heterocycles. The highest BCUT2D eigenvalue weighted by atomic mass is 35.5. The zero-order valence-corrected chi connectivity index (χ0v) is 19.2. The van der Waals surface area contributed by atoms with Gasteiger partial charge in [0.15, 0.2) is 0 Å². The van der Waals surface area contributed by atoms with Crippen LogP contribution in [-0.4, -0.2) is 64.9 Å². The number of nitrogens with zero attached hydrogens (tertiary/aromatic N) is 2. The number of halogens is 1. The Morgan fingerprint density at radius 2 is 1.75 bits per heavy atom. The van der Waals surface area contributed by atoms with E-state index in [9.17, 15) is 18.0 Å². The van der Waals surface area contributed by atoms with E-state index in [-0.39, 0.29) is 17.3 Å². The molecule has 0 spiro atoms. The van der Waals surface area contributed by atoms with E-state index < -0.39 is 15.9 Å². The molecule has 8 nitrogen and oxygen atoms in total. The van der Waals surface area contributed by atoms with Crippen molar-refractivity contribution in [3.05, 3.63) is 65.2 Å². The Bertz CT molecular complexity index is 1100. The smallest absolute Gasteiger partial charge is 0.244 e. The van der Waals surface area contributed by atoms with Crippen molar-refractivity contribution in [2.75, 3.05) is 44.7 Å². The monoisotopic (exact) mass is 476 g/mol. The SMILES string of the molecule is CNS(=O)(=O)c1ccc(/C=C/C(=O)NCC(=O)N2CCN(c3cccc(Cl)c3)CC2)cc1. The lowest BCUT2D eigenvalue weighted by Crippen LogP contribution is -2.51. The van der Waals surface area contributed by atoms with Gasteiger partial charge in [-0.15, -0.1) is 0 Å². The third-order valence-electron chi connectivity index (χ3n) is 5.11. The van der Waals surface area contributed by atoms with Crippen LogP contribution in [0.4, 0.5) is 5.69 Å². The molecule has 32 heavy (non-hydrogen) atoms. The number of nitrogens with one attached hydrogen (secondary N) is 2. The lowest BCUT2D eigenvalue weighted by Gasteiger charge is -2.36. The zero-order valence-electron chi connectivity index (χ0n) is 17.6. The van der Waals surface area contributed by atoms with Gasteiger partial charge in [-0.3, -0.25) is 9.59 Å². The first-order valence-electron chi connectivity index (χ1n) is 10.1. The Hall–Kier alpha value is -2.88. The maximum atomic E-state index is 12.4. The van der Waals surface area contributed by atoms with Crippen LogP contribution in [0.5, 0.6) is 0 Å². The number of benzene rings is 2. The van der Waals surface area contributed by atoms with Gasteiger partial charge in [-0.05, 0) is 49.0 Å². The van der Waals surface area contributed by atoms with E-state index in [1.54, 1.807) is 23.1 Å². The van der Waals surface area contributed by atoms with Crippen LogP contribution < -0.4 is 14.9 Å². The van der Waals surface area contributed by atoms with E-state index in [1.165, 1.54) is 25.3 Å². The molecule has 2 aromatic rings. The average Bonchev–Trinajstić information content (AvgIpc) is 2.81. The van der Waals surface area contributed by atoms with Crippen LogP contribution in [0.15, 0.2) is 59.5 Å². The van der Waals surface area contributed by atoms with E-state index in [0.29, 0.717) is 36.8 Å². The zero-order chi connectivity index (χ0) is 23.1. The van der Waals surface area contributed by atoms with Gasteiger partial charge >= 0.3 is 0 Å². The summed E-state index contributed by atoms with van der Waals surface area (Å²) < 4.78 is 25.7. The summed E-state index contributed by atoms with van der Waals surface area (Å²) in [6, 6.07) is 13.7. The van der Waals surface area contributed by atoms with Gasteiger partial charge in [-0.25, -0.2) is 13.1 Å². The predicted octanol–water partition coefficient (Wildman–Crippen LogP) is 1.73. The van der Waals surface area contributed by atoms with Crippen LogP contribution in [0.3, 0.4) is 0 Å². The van der Waals surface area contributed by atoms with Crippen molar-refractivity contribution in [3.8, 4) is 0 Å². The van der Waals surface area contributed by atoms with Gasteiger partial charge in [0.1, 0.15) is 0 Å². The first kappa shape index (κ1) is 23.8. The molecule has 0 saturated carbocycles. The molecular formula is C22H25ClN4O4S. The number of piperazine rings is 1. The summed E-state index contributed by atoms with van der Waals surface area (Å²) >= 11 is 6.05. The van der Waals surface area contributed by atoms with E-state index in [0.717, 1.165) is 5.69 Å². The van der Waals surface area contributed by atoms with Gasteiger partial charge in [0.25, 0.3) is 0 Å². The first-order valence-corrected chi connectivity index (χ1v) is 11.9. The molecule has 1 fully saturated rings. The molecule has 10 heteroatoms. The number of hydrogen-bond acceptors (Lipinski definition) is 5. The van der Waals surface area contributed by atoms with Crippen molar-refractivity contribution >= 4 is 45.2 Å². The van der Waals surface area contributed by atoms with Gasteiger partial charge in [0.05, 0.1) is 11.4 Å². The standard InChI is InChI=1S/C22H25ClN4O4S/c1-24-32(30,31)20-8-5-17(6-9-20)7-10-21(28)25-16-22(29)27-13-11-26(12-14-27)19-4-2-3-18(23)15-19/h2-10,15,24H,11-14,16H2,1H3,(H,25,28)/b10-7+. The van der Waals surface area contributed by atoms with Crippen LogP contribution in [-0.2, 0) is 19.6 Å². The van der Waals surface area contributed by atoms with Crippen LogP contribution in [0.1, 0.15) is 5.56 Å². The third-order valence-corrected chi connectivity index (χ3v) is 6.77. The number of anilines is 1. The van der Waals surface area contributed by atoms with Gasteiger partial charge in [-0.2, -0.15) is 0 Å². The van der Waals surface area contributed by atoms with Gasteiger partial charge in [-0.1, -0.05) is 29.8 Å². The fourth-order valence-corrected chi connectivity index (χ4v) is 4.18. The molecule has 0 aromatic heterocycles. The highest BCUT2D eigenvalue weighted by Gasteiger charge is 2.21. The maximum absolute atomic E-state index is 12.4. The van der Waals surface area contributed by atoms with E-state index in [1.807, 2.05) is 24.3 Å². The molecule has 170 valence electrons. The largest absolute Gasteiger partial charge is 0.368 e. The van der Waals surface area contributed by atoms with E-state index in [4.69, 9.17) is 11.6 Å². The molecule has 2 N–H and O–H groups in total. The van der Waals surface area contributed by atoms with Crippen molar-refractivity contribution in [2.24, 2.45) is 0 Å². The number of amides is 2. The Morgan fingerprint density at radius 3 is 2.38 bits per heavy atom. The van der Waals surface area contributed by atoms with Gasteiger partial charge < -0.3 is 15.1 Å². The Kier molecular flexibility index (Phi) is 7.89. The molecule has 2 aromatic carbocycles. The Labute approximate surface area is 192 Å². The van der Waals surface area contributed by atoms with E-state index in [2.05, 4.69) is 14.9 Å². The minimum Gasteiger partial charge on any atom is -0.368 e. The quantitative estimate of drug-likeness (QED) is 0.593. The molecule has 0 radical (unpaired) electrons. The molecule has 2 amide bonds. The summed E-state index contributed by atoms with van der Waals surface area (Å²) in [7, 11) is -2.16. The molecule has 3 rings (SSSR count). The van der Waals surface area contributed by atoms with Crippen molar-refractivity contribution in [2.45, 2.75) is 4.90 Å². The second-order valence-electron chi connectivity index (χ2n) is 7.18. The van der Waals surface area contributed by atoms with Crippen LogP contribution in [0.25, 0.3) is 6.08 Å². The molecule has 0 bridgehead atoms. The molecule has 0 atom stereocenters. The molecule has 0 aliphatic carbocycles. The molecule has 1 heterocycles. The van der Waals surface area contributed by atoms with Gasteiger partial charge in [0, 0.05) is 43.0 Å². The molecule has 1 aliphatic rings. The van der Waals surface area contributed by atoms with Crippen LogP contribution >= 0.6 is 11.6 Å². The highest BCUT2D eigenvalue weighted by molar-refractivity contribution is 7.89. The van der Waals surface area contributed by atoms with Crippen LogP contribution in [0.2, 0.25) is 5.02 Å². The summed E-state index contributed by atoms with van der Waals surface area (Å²) in [6.45, 7) is 2.44. The minimum atomic E-state index is -3.50. The number of hydrogen-bond donors (Lipinski definition) is 2. The summed E-state index contributed by atoms with van der Waals surface area (Å²) in [6.07, 6.45) is 2.87. The summed E-state index contributed by atoms with van der Waals surface area (Å²) in [4.78, 5) is 28.5. The Morgan fingerprint density at radius 1 is 1.06 bits per heavy atom. The van der Waals surface area contributed by atoms with Gasteiger partial charge in [0.2, 0.25) is 21.8 Å². The molecular weight excluding hydrogens is 452 g/mol. The molecule has 0 unspecified atom stereocenters. The normalized spacial score (nSPS) is 14.6. The van der Waals surface area contributed by atoms with Crippen molar-refractivity contribution in [1.29, 1.82) is 0 Å². The Balaban J connectivity index is 1.44. The number of rotatable bonds is 7. The summed E-state index contributed by atoms with van der Waals surface area (Å²) in [5.41, 5.74) is 1.69. The fraction of sp³-hybridized carbons (Fsp3) is 0.273. The summed E-state index contributed by atoms with van der Waals surface area (Å²) in [5.74, 6) is -0.540. The lowest BCUT2D eigenvalue weighted by atomic mass is 10.2. The second-order valence-corrected chi connectivity index (χ2v) is 9.50. The minimum absolute atomic E-state index is 0.0836. The number of carbonyl (C=O) groups excluding carboxylic acids is 2. The number of sulfonamides is 1. The predicted molar refractivity (Wildman–Crippen MR) is 125 cm³/mol. The van der Waals surface area contributed by atoms with Crippen LogP contribution in [0, 0.1) is 0 Å². The first-order chi connectivity index (χ1) is 15.3. The fourth-order valence-electron chi connectivity index (χ4n) is 3.27. The number of carbonyl (C=O) groups is 2. The van der Waals surface area contributed by atoms with Crippen molar-refractivity contribution in [1.82, 2.24) is 14.9 Å². The maximum Gasteiger partial charge on any atom is 0.244 e. The third kappa shape index (κ3) is 6.32.